The van der Waals surface area contributed by atoms with Gasteiger partial charge in [-0.3, -0.25) is 9.78 Å². The van der Waals surface area contributed by atoms with Crippen LogP contribution >= 0.6 is 11.8 Å². The van der Waals surface area contributed by atoms with Gasteiger partial charge in [0, 0.05) is 47.9 Å². The summed E-state index contributed by atoms with van der Waals surface area (Å²) in [6.07, 6.45) is 3.85. The summed E-state index contributed by atoms with van der Waals surface area (Å²) in [7, 11) is 3.71. The lowest BCUT2D eigenvalue weighted by Crippen LogP contribution is -2.23. The van der Waals surface area contributed by atoms with E-state index in [4.69, 9.17) is 4.74 Å². The number of carbonyl (C=O) groups is 1. The highest BCUT2D eigenvalue weighted by atomic mass is 32.2. The van der Waals surface area contributed by atoms with Crippen LogP contribution in [0.15, 0.2) is 71.9 Å². The SMILES string of the molecule is COCSc1cc(C(=O)NCc2cc(-c3ccc4c(ccn4C)c3)ccn2)ccc1C. The van der Waals surface area contributed by atoms with Gasteiger partial charge in [0.2, 0.25) is 0 Å². The Hall–Kier alpha value is -3.09. The number of amides is 1. The fourth-order valence-electron chi connectivity index (χ4n) is 3.51. The summed E-state index contributed by atoms with van der Waals surface area (Å²) in [5, 5.41) is 4.19. The fraction of sp³-hybridized carbons (Fsp3) is 0.200. The minimum Gasteiger partial charge on any atom is -0.374 e. The van der Waals surface area contributed by atoms with Crippen LogP contribution in [0.2, 0.25) is 0 Å². The number of carbonyl (C=O) groups excluding carboxylic acids is 1. The number of pyridine rings is 1. The maximum absolute atomic E-state index is 12.7. The standard InChI is InChI=1S/C25H25N3O2S/c1-17-4-5-21(14-24(17)31-16-30-3)25(29)27-15-22-13-19(8-10-26-22)18-6-7-23-20(12-18)9-11-28(23)2/h4-14H,15-16H2,1-3H3,(H,27,29). The van der Waals surface area contributed by atoms with Crippen molar-refractivity contribution in [3.05, 3.63) is 83.8 Å². The fourth-order valence-corrected chi connectivity index (χ4v) is 4.26. The predicted molar refractivity (Wildman–Crippen MR) is 126 cm³/mol. The molecule has 0 aliphatic rings. The first kappa shape index (κ1) is 21.2. The van der Waals surface area contributed by atoms with Gasteiger partial charge in [0.25, 0.3) is 5.91 Å². The van der Waals surface area contributed by atoms with Crippen molar-refractivity contribution in [2.24, 2.45) is 7.05 Å². The van der Waals surface area contributed by atoms with E-state index in [9.17, 15) is 4.79 Å². The van der Waals surface area contributed by atoms with Gasteiger partial charge in [-0.2, -0.15) is 0 Å². The summed E-state index contributed by atoms with van der Waals surface area (Å²) in [6, 6.07) is 18.3. The van der Waals surface area contributed by atoms with Crippen LogP contribution in [0.3, 0.4) is 0 Å². The largest absolute Gasteiger partial charge is 0.374 e. The molecule has 1 N–H and O–H groups in total. The number of methoxy groups -OCH3 is 1. The summed E-state index contributed by atoms with van der Waals surface area (Å²) in [5.74, 6) is 0.439. The van der Waals surface area contributed by atoms with Gasteiger partial charge in [-0.15, -0.1) is 0 Å². The van der Waals surface area contributed by atoms with E-state index in [0.29, 0.717) is 18.0 Å². The molecule has 5 nitrogen and oxygen atoms in total. The second kappa shape index (κ2) is 9.37. The van der Waals surface area contributed by atoms with Crippen molar-refractivity contribution in [2.75, 3.05) is 13.0 Å². The number of rotatable bonds is 7. The molecular weight excluding hydrogens is 406 g/mol. The number of ether oxygens (including phenoxy) is 1. The van der Waals surface area contributed by atoms with E-state index in [2.05, 4.69) is 45.3 Å². The molecule has 158 valence electrons. The number of nitrogens with zero attached hydrogens (tertiary/aromatic N) is 2. The van der Waals surface area contributed by atoms with Crippen LogP contribution in [-0.2, 0) is 18.3 Å². The third-order valence-electron chi connectivity index (χ3n) is 5.25. The Labute approximate surface area is 186 Å². The molecule has 2 aromatic heterocycles. The van der Waals surface area contributed by atoms with Crippen LogP contribution in [0.25, 0.3) is 22.0 Å². The topological polar surface area (TPSA) is 56.1 Å². The molecule has 0 aliphatic carbocycles. The number of fused-ring (bicyclic) bond motifs is 1. The molecule has 0 bridgehead atoms. The molecule has 2 heterocycles. The summed E-state index contributed by atoms with van der Waals surface area (Å²) in [4.78, 5) is 18.2. The molecule has 0 aliphatic heterocycles. The molecular formula is C25H25N3O2S. The number of hydrogen-bond acceptors (Lipinski definition) is 4. The molecule has 0 saturated heterocycles. The molecule has 0 radical (unpaired) electrons. The van der Waals surface area contributed by atoms with Gasteiger partial charge < -0.3 is 14.6 Å². The van der Waals surface area contributed by atoms with Gasteiger partial charge in [-0.05, 0) is 66.1 Å². The van der Waals surface area contributed by atoms with E-state index in [1.54, 1.807) is 25.1 Å². The van der Waals surface area contributed by atoms with Crippen molar-refractivity contribution in [1.29, 1.82) is 0 Å². The van der Waals surface area contributed by atoms with Crippen LogP contribution in [0.1, 0.15) is 21.6 Å². The van der Waals surface area contributed by atoms with E-state index < -0.39 is 0 Å². The molecule has 0 fully saturated rings. The highest BCUT2D eigenvalue weighted by molar-refractivity contribution is 7.99. The summed E-state index contributed by atoms with van der Waals surface area (Å²) < 4.78 is 7.24. The third-order valence-corrected chi connectivity index (χ3v) is 6.35. The smallest absolute Gasteiger partial charge is 0.251 e. The Kier molecular flexibility index (Phi) is 6.39. The van der Waals surface area contributed by atoms with Gasteiger partial charge in [0.05, 0.1) is 18.2 Å². The van der Waals surface area contributed by atoms with Crippen molar-refractivity contribution < 1.29 is 9.53 Å². The van der Waals surface area contributed by atoms with Gasteiger partial charge in [0.15, 0.2) is 0 Å². The second-order valence-corrected chi connectivity index (χ2v) is 8.41. The zero-order valence-corrected chi connectivity index (χ0v) is 18.7. The lowest BCUT2D eigenvalue weighted by Gasteiger charge is -2.10. The van der Waals surface area contributed by atoms with Crippen LogP contribution in [0.4, 0.5) is 0 Å². The highest BCUT2D eigenvalue weighted by Crippen LogP contribution is 2.26. The maximum atomic E-state index is 12.7. The Morgan fingerprint density at radius 1 is 1.10 bits per heavy atom. The average molecular weight is 432 g/mol. The van der Waals surface area contributed by atoms with E-state index in [0.717, 1.165) is 27.3 Å². The summed E-state index contributed by atoms with van der Waals surface area (Å²) in [5.41, 5.74) is 6.00. The lowest BCUT2D eigenvalue weighted by atomic mass is 10.0. The zero-order valence-electron chi connectivity index (χ0n) is 17.9. The minimum absolute atomic E-state index is 0.114. The number of benzene rings is 2. The molecule has 0 unspecified atom stereocenters. The van der Waals surface area contributed by atoms with E-state index in [-0.39, 0.29) is 5.91 Å². The first-order chi connectivity index (χ1) is 15.0. The number of aryl methyl sites for hydroxylation is 2. The van der Waals surface area contributed by atoms with E-state index >= 15 is 0 Å². The first-order valence-corrected chi connectivity index (χ1v) is 11.0. The monoisotopic (exact) mass is 431 g/mol. The molecule has 0 saturated carbocycles. The van der Waals surface area contributed by atoms with Crippen LogP contribution in [0, 0.1) is 6.92 Å². The van der Waals surface area contributed by atoms with Crippen molar-refractivity contribution in [2.45, 2.75) is 18.4 Å². The number of nitrogens with one attached hydrogen (secondary N) is 1. The van der Waals surface area contributed by atoms with Gasteiger partial charge in [-0.1, -0.05) is 23.9 Å². The number of aromatic nitrogens is 2. The summed E-state index contributed by atoms with van der Waals surface area (Å²) in [6.45, 7) is 2.40. The highest BCUT2D eigenvalue weighted by Gasteiger charge is 2.10. The van der Waals surface area contributed by atoms with Gasteiger partial charge in [0.1, 0.15) is 0 Å². The number of hydrogen-bond donors (Lipinski definition) is 1. The van der Waals surface area contributed by atoms with Crippen molar-refractivity contribution >= 4 is 28.6 Å². The Bertz CT molecular complexity index is 1230. The van der Waals surface area contributed by atoms with Gasteiger partial charge >= 0.3 is 0 Å². The molecule has 4 rings (SSSR count). The third kappa shape index (κ3) is 4.81. The molecule has 2 aromatic carbocycles. The molecule has 31 heavy (non-hydrogen) atoms. The molecule has 0 spiro atoms. The second-order valence-electron chi connectivity index (χ2n) is 7.45. The van der Waals surface area contributed by atoms with Crippen LogP contribution in [0.5, 0.6) is 0 Å². The van der Waals surface area contributed by atoms with Crippen LogP contribution < -0.4 is 5.32 Å². The number of thioether (sulfide) groups is 1. The summed E-state index contributed by atoms with van der Waals surface area (Å²) >= 11 is 1.58. The van der Waals surface area contributed by atoms with E-state index in [1.165, 1.54) is 10.9 Å². The van der Waals surface area contributed by atoms with Crippen molar-refractivity contribution in [3.63, 3.8) is 0 Å². The first-order valence-electron chi connectivity index (χ1n) is 10.1. The average Bonchev–Trinajstić information content (AvgIpc) is 3.17. The van der Waals surface area contributed by atoms with E-state index in [1.807, 2.05) is 44.3 Å². The lowest BCUT2D eigenvalue weighted by molar-refractivity contribution is 0.0950. The van der Waals surface area contributed by atoms with Crippen LogP contribution in [-0.4, -0.2) is 28.5 Å². The maximum Gasteiger partial charge on any atom is 0.251 e. The normalized spacial score (nSPS) is 11.1. The Morgan fingerprint density at radius 3 is 2.77 bits per heavy atom. The quantitative estimate of drug-likeness (QED) is 0.324. The Morgan fingerprint density at radius 2 is 1.94 bits per heavy atom. The molecule has 4 aromatic rings. The molecule has 6 heteroatoms. The zero-order chi connectivity index (χ0) is 21.8. The van der Waals surface area contributed by atoms with Gasteiger partial charge in [-0.25, -0.2) is 0 Å². The minimum atomic E-state index is -0.114. The predicted octanol–water partition coefficient (Wildman–Crippen LogP) is 5.17. The van der Waals surface area contributed by atoms with Crippen molar-refractivity contribution in [3.8, 4) is 11.1 Å². The molecule has 0 atom stereocenters. The van der Waals surface area contributed by atoms with Crippen molar-refractivity contribution in [1.82, 2.24) is 14.9 Å². The molecule has 1 amide bonds. The Balaban J connectivity index is 1.47.